The predicted molar refractivity (Wildman–Crippen MR) is 79.9 cm³/mol. The first kappa shape index (κ1) is 14.6. The first-order chi connectivity index (χ1) is 9.56. The molecule has 0 unspecified atom stereocenters. The van der Waals surface area contributed by atoms with Gasteiger partial charge >= 0.3 is 0 Å². The Bertz CT molecular complexity index is 471. The Morgan fingerprint density at radius 3 is 2.70 bits per heavy atom. The van der Waals surface area contributed by atoms with Gasteiger partial charge in [0.1, 0.15) is 5.82 Å². The van der Waals surface area contributed by atoms with Gasteiger partial charge in [0.05, 0.1) is 0 Å². The molecule has 1 aliphatic carbocycles. The Kier molecular flexibility index (Phi) is 4.76. The van der Waals surface area contributed by atoms with E-state index in [4.69, 9.17) is 0 Å². The summed E-state index contributed by atoms with van der Waals surface area (Å²) in [4.78, 5) is 22.3. The van der Waals surface area contributed by atoms with Crippen molar-refractivity contribution >= 4 is 17.7 Å². The molecule has 1 amide bonds. The molecule has 1 aromatic rings. The van der Waals surface area contributed by atoms with Gasteiger partial charge in [-0.2, -0.15) is 4.98 Å². The van der Waals surface area contributed by atoms with E-state index >= 15 is 0 Å². The third-order valence-corrected chi connectivity index (χ3v) is 3.48. The number of amides is 1. The van der Waals surface area contributed by atoms with Crippen molar-refractivity contribution in [1.82, 2.24) is 15.3 Å². The summed E-state index contributed by atoms with van der Waals surface area (Å²) in [5, 5.41) is 6.09. The van der Waals surface area contributed by atoms with Gasteiger partial charge in [0, 0.05) is 44.9 Å². The van der Waals surface area contributed by atoms with Crippen molar-refractivity contribution in [3.05, 3.63) is 11.8 Å². The third kappa shape index (κ3) is 3.82. The molecule has 0 aromatic carbocycles. The first-order valence-corrected chi connectivity index (χ1v) is 7.11. The Hall–Kier alpha value is -1.85. The molecule has 1 aliphatic rings. The lowest BCUT2D eigenvalue weighted by Crippen LogP contribution is -2.37. The average Bonchev–Trinajstić information content (AvgIpc) is 2.31. The number of anilines is 2. The molecular formula is C14H23N5O. The van der Waals surface area contributed by atoms with E-state index in [1.54, 1.807) is 0 Å². The normalized spacial score (nSPS) is 14.6. The second kappa shape index (κ2) is 6.54. The Labute approximate surface area is 120 Å². The highest BCUT2D eigenvalue weighted by Gasteiger charge is 2.24. The minimum Gasteiger partial charge on any atom is -0.363 e. The molecule has 2 rings (SSSR count). The number of hydrogen-bond donors (Lipinski definition) is 2. The summed E-state index contributed by atoms with van der Waals surface area (Å²) >= 11 is 0. The topological polar surface area (TPSA) is 70.2 Å². The van der Waals surface area contributed by atoms with Crippen molar-refractivity contribution in [1.29, 1.82) is 0 Å². The average molecular weight is 277 g/mol. The molecule has 0 aliphatic heterocycles. The molecule has 1 heterocycles. The van der Waals surface area contributed by atoms with Crippen molar-refractivity contribution in [2.75, 3.05) is 37.4 Å². The van der Waals surface area contributed by atoms with Gasteiger partial charge < -0.3 is 15.5 Å². The molecule has 6 heteroatoms. The molecule has 1 saturated carbocycles. The van der Waals surface area contributed by atoms with E-state index < -0.39 is 0 Å². The number of aryl methyl sites for hydroxylation is 1. The number of carbonyl (C=O) groups is 1. The van der Waals surface area contributed by atoms with Crippen LogP contribution in [0, 0.1) is 12.8 Å². The molecule has 2 N–H and O–H groups in total. The van der Waals surface area contributed by atoms with Crippen molar-refractivity contribution in [3.63, 3.8) is 0 Å². The zero-order chi connectivity index (χ0) is 14.5. The number of aromatic nitrogens is 2. The summed E-state index contributed by atoms with van der Waals surface area (Å²) in [6, 6.07) is 1.93. The van der Waals surface area contributed by atoms with Crippen LogP contribution in [0.1, 0.15) is 25.0 Å². The largest absolute Gasteiger partial charge is 0.363 e. The van der Waals surface area contributed by atoms with Gasteiger partial charge in [0.15, 0.2) is 0 Å². The number of carbonyl (C=O) groups excluding carboxylic acids is 1. The van der Waals surface area contributed by atoms with Crippen molar-refractivity contribution < 1.29 is 4.79 Å². The van der Waals surface area contributed by atoms with Gasteiger partial charge in [-0.3, -0.25) is 4.79 Å². The summed E-state index contributed by atoms with van der Waals surface area (Å²) in [6.07, 6.45) is 3.25. The SMILES string of the molecule is Cc1cc(N(C)C)nc(NCCNC(=O)C2CCC2)n1. The molecular weight excluding hydrogens is 254 g/mol. The molecule has 0 radical (unpaired) electrons. The van der Waals surface area contributed by atoms with Gasteiger partial charge in [0.2, 0.25) is 11.9 Å². The van der Waals surface area contributed by atoms with Gasteiger partial charge in [-0.15, -0.1) is 0 Å². The zero-order valence-electron chi connectivity index (χ0n) is 12.4. The molecule has 1 fully saturated rings. The van der Waals surface area contributed by atoms with E-state index in [2.05, 4.69) is 20.6 Å². The molecule has 110 valence electrons. The van der Waals surface area contributed by atoms with Crippen LogP contribution in [0.4, 0.5) is 11.8 Å². The Morgan fingerprint density at radius 2 is 2.10 bits per heavy atom. The Balaban J connectivity index is 1.77. The van der Waals surface area contributed by atoms with E-state index in [1.165, 1.54) is 6.42 Å². The molecule has 0 spiro atoms. The summed E-state index contributed by atoms with van der Waals surface area (Å²) in [7, 11) is 3.90. The van der Waals surface area contributed by atoms with E-state index in [0.717, 1.165) is 24.4 Å². The van der Waals surface area contributed by atoms with Gasteiger partial charge in [-0.05, 0) is 19.8 Å². The van der Waals surface area contributed by atoms with Crippen LogP contribution in [0.3, 0.4) is 0 Å². The lowest BCUT2D eigenvalue weighted by molar-refractivity contribution is -0.127. The van der Waals surface area contributed by atoms with Crippen LogP contribution < -0.4 is 15.5 Å². The fraction of sp³-hybridized carbons (Fsp3) is 0.643. The van der Waals surface area contributed by atoms with Crippen LogP contribution in [0.25, 0.3) is 0 Å². The smallest absolute Gasteiger partial charge is 0.224 e. The van der Waals surface area contributed by atoms with Crippen molar-refractivity contribution in [3.8, 4) is 0 Å². The van der Waals surface area contributed by atoms with Gasteiger partial charge in [-0.25, -0.2) is 4.98 Å². The summed E-state index contributed by atoms with van der Waals surface area (Å²) < 4.78 is 0. The Morgan fingerprint density at radius 1 is 1.35 bits per heavy atom. The van der Waals surface area contributed by atoms with E-state index in [0.29, 0.717) is 19.0 Å². The summed E-state index contributed by atoms with van der Waals surface area (Å²) in [5.41, 5.74) is 0.921. The highest BCUT2D eigenvalue weighted by molar-refractivity contribution is 5.79. The quantitative estimate of drug-likeness (QED) is 0.764. The van der Waals surface area contributed by atoms with Gasteiger partial charge in [-0.1, -0.05) is 6.42 Å². The zero-order valence-corrected chi connectivity index (χ0v) is 12.4. The summed E-state index contributed by atoms with van der Waals surface area (Å²) in [5.74, 6) is 1.90. The van der Waals surface area contributed by atoms with Crippen LogP contribution in [0.2, 0.25) is 0 Å². The summed E-state index contributed by atoms with van der Waals surface area (Å²) in [6.45, 7) is 3.18. The monoisotopic (exact) mass is 277 g/mol. The lowest BCUT2D eigenvalue weighted by Gasteiger charge is -2.24. The molecule has 6 nitrogen and oxygen atoms in total. The minimum atomic E-state index is 0.178. The van der Waals surface area contributed by atoms with Crippen LogP contribution in [-0.4, -0.2) is 43.1 Å². The van der Waals surface area contributed by atoms with Crippen LogP contribution >= 0.6 is 0 Å². The predicted octanol–water partition coefficient (Wildman–Crippen LogP) is 1.18. The van der Waals surface area contributed by atoms with Gasteiger partial charge in [0.25, 0.3) is 0 Å². The van der Waals surface area contributed by atoms with Crippen LogP contribution in [0.15, 0.2) is 6.07 Å². The molecule has 0 saturated heterocycles. The maximum absolute atomic E-state index is 11.7. The fourth-order valence-corrected chi connectivity index (χ4v) is 2.03. The number of nitrogens with one attached hydrogen (secondary N) is 2. The highest BCUT2D eigenvalue weighted by Crippen LogP contribution is 2.25. The number of hydrogen-bond acceptors (Lipinski definition) is 5. The maximum atomic E-state index is 11.7. The molecule has 0 atom stereocenters. The lowest BCUT2D eigenvalue weighted by atomic mass is 9.85. The molecule has 1 aromatic heterocycles. The van der Waals surface area contributed by atoms with Crippen LogP contribution in [-0.2, 0) is 4.79 Å². The van der Waals surface area contributed by atoms with Crippen molar-refractivity contribution in [2.24, 2.45) is 5.92 Å². The molecule has 20 heavy (non-hydrogen) atoms. The number of rotatable bonds is 6. The highest BCUT2D eigenvalue weighted by atomic mass is 16.1. The number of nitrogens with zero attached hydrogens (tertiary/aromatic N) is 3. The second-order valence-electron chi connectivity index (χ2n) is 5.43. The first-order valence-electron chi connectivity index (χ1n) is 7.11. The third-order valence-electron chi connectivity index (χ3n) is 3.48. The van der Waals surface area contributed by atoms with E-state index in [-0.39, 0.29) is 11.8 Å². The second-order valence-corrected chi connectivity index (χ2v) is 5.43. The van der Waals surface area contributed by atoms with E-state index in [1.807, 2.05) is 32.0 Å². The van der Waals surface area contributed by atoms with Crippen LogP contribution in [0.5, 0.6) is 0 Å². The maximum Gasteiger partial charge on any atom is 0.224 e. The van der Waals surface area contributed by atoms with Crippen molar-refractivity contribution in [2.45, 2.75) is 26.2 Å². The minimum absolute atomic E-state index is 0.178. The molecule has 0 bridgehead atoms. The van der Waals surface area contributed by atoms with E-state index in [9.17, 15) is 4.79 Å². The fourth-order valence-electron chi connectivity index (χ4n) is 2.03. The standard InChI is InChI=1S/C14H23N5O/c1-10-9-12(19(2)3)18-14(17-10)16-8-7-15-13(20)11-5-4-6-11/h9,11H,4-8H2,1-3H3,(H,15,20)(H,16,17,18).